The molecule has 20 heavy (non-hydrogen) atoms. The molecule has 1 aromatic rings. The molecule has 2 rings (SSSR count). The summed E-state index contributed by atoms with van der Waals surface area (Å²) >= 11 is 0. The zero-order chi connectivity index (χ0) is 15.1. The van der Waals surface area contributed by atoms with E-state index in [2.05, 4.69) is 6.92 Å². The number of hydrogen-bond donors (Lipinski definition) is 1. The largest absolute Gasteiger partial charge is 0.399 e. The van der Waals surface area contributed by atoms with Crippen molar-refractivity contribution in [2.24, 2.45) is 11.8 Å². The molecule has 0 aromatic heterocycles. The van der Waals surface area contributed by atoms with E-state index in [-0.39, 0.29) is 16.5 Å². The Bertz CT molecular complexity index is 640. The number of benzene rings is 1. The zero-order valence-electron chi connectivity index (χ0n) is 12.0. The van der Waals surface area contributed by atoms with Gasteiger partial charge in [0.1, 0.15) is 0 Å². The summed E-state index contributed by atoms with van der Waals surface area (Å²) in [5, 5.41) is 0. The van der Waals surface area contributed by atoms with Crippen molar-refractivity contribution in [3.05, 3.63) is 23.8 Å². The summed E-state index contributed by atoms with van der Waals surface area (Å²) in [6, 6.07) is 4.28. The third kappa shape index (κ3) is 3.30. The maximum absolute atomic E-state index is 12.3. The lowest BCUT2D eigenvalue weighted by Gasteiger charge is -2.17. The van der Waals surface area contributed by atoms with Crippen LogP contribution in [0.4, 0.5) is 5.69 Å². The maximum Gasteiger partial charge on any atom is 0.253 e. The van der Waals surface area contributed by atoms with Crippen LogP contribution in [-0.2, 0) is 9.84 Å². The van der Waals surface area contributed by atoms with Crippen LogP contribution >= 0.6 is 0 Å². The van der Waals surface area contributed by atoms with Gasteiger partial charge in [-0.15, -0.1) is 0 Å². The first-order valence-corrected chi connectivity index (χ1v) is 8.43. The number of amides is 1. The molecule has 0 aliphatic heterocycles. The second-order valence-corrected chi connectivity index (χ2v) is 7.74. The Balaban J connectivity index is 2.23. The highest BCUT2D eigenvalue weighted by molar-refractivity contribution is 7.90. The fraction of sp³-hybridized carbons (Fsp3) is 0.500. The fourth-order valence-corrected chi connectivity index (χ4v) is 2.96. The van der Waals surface area contributed by atoms with E-state index in [0.717, 1.165) is 12.7 Å². The number of carbonyl (C=O) groups is 1. The molecule has 0 bridgehead atoms. The van der Waals surface area contributed by atoms with Crippen LogP contribution in [0.3, 0.4) is 0 Å². The molecule has 2 unspecified atom stereocenters. The summed E-state index contributed by atoms with van der Waals surface area (Å²) < 4.78 is 23.2. The van der Waals surface area contributed by atoms with Crippen molar-refractivity contribution in [2.75, 3.05) is 25.6 Å². The van der Waals surface area contributed by atoms with Gasteiger partial charge in [0.15, 0.2) is 9.84 Å². The van der Waals surface area contributed by atoms with Gasteiger partial charge in [-0.1, -0.05) is 6.92 Å². The Kier molecular flexibility index (Phi) is 3.77. The van der Waals surface area contributed by atoms with Crippen LogP contribution in [0.2, 0.25) is 0 Å². The van der Waals surface area contributed by atoms with Crippen molar-refractivity contribution >= 4 is 21.4 Å². The van der Waals surface area contributed by atoms with E-state index in [1.165, 1.54) is 18.2 Å². The standard InChI is InChI=1S/C14H20N2O3S/c1-9-4-11(9)8-16(2)14(17)10-5-12(15)7-13(6-10)20(3,18)19/h5-7,9,11H,4,8,15H2,1-3H3. The minimum Gasteiger partial charge on any atom is -0.399 e. The average molecular weight is 296 g/mol. The van der Waals surface area contributed by atoms with Crippen molar-refractivity contribution < 1.29 is 13.2 Å². The van der Waals surface area contributed by atoms with E-state index < -0.39 is 9.84 Å². The van der Waals surface area contributed by atoms with Crippen LogP contribution in [0.15, 0.2) is 23.1 Å². The number of rotatable bonds is 4. The molecule has 1 amide bonds. The van der Waals surface area contributed by atoms with E-state index >= 15 is 0 Å². The number of hydrogen-bond acceptors (Lipinski definition) is 4. The third-order valence-corrected chi connectivity index (χ3v) is 4.83. The maximum atomic E-state index is 12.3. The molecule has 2 N–H and O–H groups in total. The Morgan fingerprint density at radius 1 is 1.40 bits per heavy atom. The lowest BCUT2D eigenvalue weighted by molar-refractivity contribution is 0.0787. The summed E-state index contributed by atoms with van der Waals surface area (Å²) in [5.74, 6) is 1.03. The number of nitrogens with two attached hydrogens (primary N) is 1. The second kappa shape index (κ2) is 5.09. The van der Waals surface area contributed by atoms with Crippen molar-refractivity contribution in [3.63, 3.8) is 0 Å². The normalized spacial score (nSPS) is 21.6. The molecular formula is C14H20N2O3S. The highest BCUT2D eigenvalue weighted by Crippen LogP contribution is 2.38. The Hall–Kier alpha value is -1.56. The van der Waals surface area contributed by atoms with E-state index in [4.69, 9.17) is 5.73 Å². The molecule has 1 fully saturated rings. The van der Waals surface area contributed by atoms with Crippen LogP contribution < -0.4 is 5.73 Å². The van der Waals surface area contributed by atoms with E-state index in [1.807, 2.05) is 0 Å². The molecule has 0 spiro atoms. The molecule has 1 aliphatic rings. The van der Waals surface area contributed by atoms with Gasteiger partial charge in [0, 0.05) is 31.1 Å². The summed E-state index contributed by atoms with van der Waals surface area (Å²) in [6.07, 6.45) is 2.24. The highest BCUT2D eigenvalue weighted by Gasteiger charge is 2.34. The van der Waals surface area contributed by atoms with Crippen molar-refractivity contribution in [3.8, 4) is 0 Å². The minimum absolute atomic E-state index is 0.0778. The molecule has 5 nitrogen and oxygen atoms in total. The molecule has 1 aliphatic carbocycles. The van der Waals surface area contributed by atoms with E-state index in [0.29, 0.717) is 23.9 Å². The number of carbonyl (C=O) groups excluding carboxylic acids is 1. The Morgan fingerprint density at radius 3 is 2.50 bits per heavy atom. The van der Waals surface area contributed by atoms with Gasteiger partial charge >= 0.3 is 0 Å². The predicted octanol–water partition coefficient (Wildman–Crippen LogP) is 1.40. The Labute approximate surface area is 119 Å². The van der Waals surface area contributed by atoms with Gasteiger partial charge in [-0.25, -0.2) is 8.42 Å². The first kappa shape index (κ1) is 14.8. The molecular weight excluding hydrogens is 276 g/mol. The average Bonchev–Trinajstić information content (AvgIpc) is 3.01. The molecule has 1 saturated carbocycles. The summed E-state index contributed by atoms with van der Waals surface area (Å²) in [7, 11) is -1.64. The molecule has 6 heteroatoms. The monoisotopic (exact) mass is 296 g/mol. The van der Waals surface area contributed by atoms with Crippen molar-refractivity contribution in [1.82, 2.24) is 4.90 Å². The quantitative estimate of drug-likeness (QED) is 0.852. The van der Waals surface area contributed by atoms with Crippen LogP contribution in [0.5, 0.6) is 0 Å². The topological polar surface area (TPSA) is 80.5 Å². The molecule has 0 radical (unpaired) electrons. The smallest absolute Gasteiger partial charge is 0.253 e. The van der Waals surface area contributed by atoms with Crippen LogP contribution in [0.25, 0.3) is 0 Å². The van der Waals surface area contributed by atoms with Gasteiger partial charge in [0.25, 0.3) is 5.91 Å². The fourth-order valence-electron chi connectivity index (χ4n) is 2.27. The van der Waals surface area contributed by atoms with Crippen molar-refractivity contribution in [1.29, 1.82) is 0 Å². The molecule has 1 aromatic carbocycles. The molecule has 0 heterocycles. The van der Waals surface area contributed by atoms with Crippen LogP contribution in [0, 0.1) is 11.8 Å². The summed E-state index contributed by atoms with van der Waals surface area (Å²) in [6.45, 7) is 2.86. The number of nitrogen functional groups attached to an aromatic ring is 1. The van der Waals surface area contributed by atoms with Crippen molar-refractivity contribution in [2.45, 2.75) is 18.2 Å². The summed E-state index contributed by atoms with van der Waals surface area (Å²) in [4.78, 5) is 14.0. The third-order valence-electron chi connectivity index (χ3n) is 3.74. The van der Waals surface area contributed by atoms with Gasteiger partial charge in [0.05, 0.1) is 4.90 Å². The van der Waals surface area contributed by atoms with Crippen LogP contribution in [-0.4, -0.2) is 39.1 Å². The number of nitrogens with zero attached hydrogens (tertiary/aromatic N) is 1. The molecule has 110 valence electrons. The predicted molar refractivity (Wildman–Crippen MR) is 78.2 cm³/mol. The lowest BCUT2D eigenvalue weighted by Crippen LogP contribution is -2.29. The molecule has 2 atom stereocenters. The van der Waals surface area contributed by atoms with E-state index in [1.54, 1.807) is 11.9 Å². The summed E-state index contributed by atoms with van der Waals surface area (Å²) in [5.41, 5.74) is 6.30. The van der Waals surface area contributed by atoms with Crippen LogP contribution in [0.1, 0.15) is 23.7 Å². The number of sulfone groups is 1. The first-order chi connectivity index (χ1) is 9.18. The van der Waals surface area contributed by atoms with Gasteiger partial charge in [0.2, 0.25) is 0 Å². The second-order valence-electron chi connectivity index (χ2n) is 5.72. The van der Waals surface area contributed by atoms with Gasteiger partial charge in [-0.2, -0.15) is 0 Å². The number of anilines is 1. The Morgan fingerprint density at radius 2 is 2.00 bits per heavy atom. The van der Waals surface area contributed by atoms with E-state index in [9.17, 15) is 13.2 Å². The SMILES string of the molecule is CC1CC1CN(C)C(=O)c1cc(N)cc(S(C)(=O)=O)c1. The van der Waals surface area contributed by atoms with Gasteiger partial charge in [-0.05, 0) is 36.5 Å². The van der Waals surface area contributed by atoms with Gasteiger partial charge < -0.3 is 10.6 Å². The molecule has 0 saturated heterocycles. The minimum atomic E-state index is -3.38. The van der Waals surface area contributed by atoms with Gasteiger partial charge in [-0.3, -0.25) is 4.79 Å². The lowest BCUT2D eigenvalue weighted by atomic mass is 10.1. The first-order valence-electron chi connectivity index (χ1n) is 6.54. The highest BCUT2D eigenvalue weighted by atomic mass is 32.2. The zero-order valence-corrected chi connectivity index (χ0v) is 12.8.